The lowest BCUT2D eigenvalue weighted by molar-refractivity contribution is 0.128. The molecule has 2 aliphatic rings. The molecule has 0 bridgehead atoms. The van der Waals surface area contributed by atoms with Crippen molar-refractivity contribution in [3.8, 4) is 0 Å². The number of nitrogens with zero attached hydrogens (tertiary/aromatic N) is 3. The van der Waals surface area contributed by atoms with Crippen LogP contribution in [0.3, 0.4) is 0 Å². The summed E-state index contributed by atoms with van der Waals surface area (Å²) < 4.78 is 5.47. The Bertz CT molecular complexity index is 457. The molecule has 116 valence electrons. The lowest BCUT2D eigenvalue weighted by atomic mass is 10.3. The van der Waals surface area contributed by atoms with Crippen molar-refractivity contribution in [3.05, 3.63) is 11.9 Å². The standard InChI is InChI=1S/C16H26N4O/c1-3-21-11-15-18-14(17-2)8-16(19-15)20(9-12-4-5-12)10-13-6-7-13/h8,12-13H,3-7,9-11H2,1-2H3,(H,17,18,19). The molecule has 21 heavy (non-hydrogen) atoms. The number of hydrogen-bond acceptors (Lipinski definition) is 5. The van der Waals surface area contributed by atoms with Gasteiger partial charge in [-0.15, -0.1) is 0 Å². The maximum absolute atomic E-state index is 5.47. The highest BCUT2D eigenvalue weighted by Gasteiger charge is 2.30. The van der Waals surface area contributed by atoms with E-state index < -0.39 is 0 Å². The monoisotopic (exact) mass is 290 g/mol. The van der Waals surface area contributed by atoms with Crippen molar-refractivity contribution in [3.63, 3.8) is 0 Å². The van der Waals surface area contributed by atoms with Crippen LogP contribution in [0.25, 0.3) is 0 Å². The fourth-order valence-corrected chi connectivity index (χ4v) is 2.52. The zero-order chi connectivity index (χ0) is 14.7. The number of anilines is 2. The number of ether oxygens (including phenoxy) is 1. The van der Waals surface area contributed by atoms with Crippen LogP contribution >= 0.6 is 0 Å². The fourth-order valence-electron chi connectivity index (χ4n) is 2.52. The third-order valence-electron chi connectivity index (χ3n) is 4.13. The van der Waals surface area contributed by atoms with Gasteiger partial charge in [0.15, 0.2) is 5.82 Å². The van der Waals surface area contributed by atoms with E-state index in [0.717, 1.165) is 42.4 Å². The Labute approximate surface area is 127 Å². The molecular formula is C16H26N4O. The van der Waals surface area contributed by atoms with Crippen LogP contribution in [0.4, 0.5) is 11.6 Å². The smallest absolute Gasteiger partial charge is 0.158 e. The van der Waals surface area contributed by atoms with E-state index in [0.29, 0.717) is 13.2 Å². The second kappa shape index (κ2) is 6.60. The summed E-state index contributed by atoms with van der Waals surface area (Å²) >= 11 is 0. The fraction of sp³-hybridized carbons (Fsp3) is 0.750. The normalized spacial score (nSPS) is 17.8. The Balaban J connectivity index is 1.77. The van der Waals surface area contributed by atoms with E-state index in [4.69, 9.17) is 9.72 Å². The molecule has 2 aliphatic carbocycles. The molecule has 0 aliphatic heterocycles. The molecule has 0 unspecified atom stereocenters. The molecule has 0 saturated heterocycles. The average Bonchev–Trinajstić information content (AvgIpc) is 3.39. The van der Waals surface area contributed by atoms with Gasteiger partial charge in [-0.05, 0) is 44.4 Å². The summed E-state index contributed by atoms with van der Waals surface area (Å²) in [5, 5.41) is 3.14. The summed E-state index contributed by atoms with van der Waals surface area (Å²) in [5.41, 5.74) is 0. The average molecular weight is 290 g/mol. The van der Waals surface area contributed by atoms with Crippen molar-refractivity contribution in [1.29, 1.82) is 0 Å². The second-order valence-electron chi connectivity index (χ2n) is 6.21. The van der Waals surface area contributed by atoms with E-state index in [1.165, 1.54) is 25.7 Å². The van der Waals surface area contributed by atoms with Gasteiger partial charge in [-0.2, -0.15) is 0 Å². The highest BCUT2D eigenvalue weighted by molar-refractivity contribution is 5.49. The van der Waals surface area contributed by atoms with Crippen LogP contribution in [0.1, 0.15) is 38.4 Å². The van der Waals surface area contributed by atoms with Crippen LogP contribution in [0.5, 0.6) is 0 Å². The molecule has 1 N–H and O–H groups in total. The van der Waals surface area contributed by atoms with Gasteiger partial charge in [0.25, 0.3) is 0 Å². The van der Waals surface area contributed by atoms with Crippen molar-refractivity contribution in [2.75, 3.05) is 37.0 Å². The van der Waals surface area contributed by atoms with Gasteiger partial charge in [-0.1, -0.05) is 0 Å². The summed E-state index contributed by atoms with van der Waals surface area (Å²) in [7, 11) is 1.91. The Morgan fingerprint density at radius 3 is 2.38 bits per heavy atom. The minimum atomic E-state index is 0.486. The SMILES string of the molecule is CCOCc1nc(NC)cc(N(CC2CC2)CC2CC2)n1. The quantitative estimate of drug-likeness (QED) is 0.758. The second-order valence-corrected chi connectivity index (χ2v) is 6.21. The minimum absolute atomic E-state index is 0.486. The van der Waals surface area contributed by atoms with Crippen LogP contribution in [0, 0.1) is 11.8 Å². The molecule has 1 heterocycles. The van der Waals surface area contributed by atoms with Gasteiger partial charge < -0.3 is 15.0 Å². The van der Waals surface area contributed by atoms with Gasteiger partial charge in [-0.3, -0.25) is 0 Å². The van der Waals surface area contributed by atoms with Gasteiger partial charge >= 0.3 is 0 Å². The summed E-state index contributed by atoms with van der Waals surface area (Å²) in [4.78, 5) is 11.7. The summed E-state index contributed by atoms with van der Waals surface area (Å²) in [5.74, 6) is 4.45. The summed E-state index contributed by atoms with van der Waals surface area (Å²) in [6, 6.07) is 2.07. The lowest BCUT2D eigenvalue weighted by Gasteiger charge is -2.24. The largest absolute Gasteiger partial charge is 0.374 e. The van der Waals surface area contributed by atoms with Crippen LogP contribution in [0.15, 0.2) is 6.07 Å². The predicted molar refractivity (Wildman–Crippen MR) is 84.6 cm³/mol. The maximum atomic E-state index is 5.47. The molecule has 1 aromatic heterocycles. The van der Waals surface area contributed by atoms with Crippen LogP contribution in [-0.2, 0) is 11.3 Å². The van der Waals surface area contributed by atoms with Crippen molar-refractivity contribution in [2.45, 2.75) is 39.2 Å². The lowest BCUT2D eigenvalue weighted by Crippen LogP contribution is -2.29. The molecule has 5 nitrogen and oxygen atoms in total. The van der Waals surface area contributed by atoms with Crippen molar-refractivity contribution in [1.82, 2.24) is 9.97 Å². The molecule has 5 heteroatoms. The van der Waals surface area contributed by atoms with E-state index in [9.17, 15) is 0 Å². The zero-order valence-corrected chi connectivity index (χ0v) is 13.1. The van der Waals surface area contributed by atoms with Crippen LogP contribution in [0.2, 0.25) is 0 Å². The third-order valence-corrected chi connectivity index (χ3v) is 4.13. The number of aromatic nitrogens is 2. The van der Waals surface area contributed by atoms with Crippen molar-refractivity contribution >= 4 is 11.6 Å². The summed E-state index contributed by atoms with van der Waals surface area (Å²) in [6.45, 7) is 5.46. The highest BCUT2D eigenvalue weighted by Crippen LogP contribution is 2.35. The van der Waals surface area contributed by atoms with Crippen molar-refractivity contribution in [2.24, 2.45) is 11.8 Å². The molecule has 0 aromatic carbocycles. The Morgan fingerprint density at radius 2 is 1.86 bits per heavy atom. The van der Waals surface area contributed by atoms with Gasteiger partial charge in [0.2, 0.25) is 0 Å². The van der Waals surface area contributed by atoms with Gasteiger partial charge in [0.05, 0.1) is 0 Å². The minimum Gasteiger partial charge on any atom is -0.374 e. The first kappa shape index (κ1) is 14.6. The van der Waals surface area contributed by atoms with E-state index in [1.54, 1.807) is 0 Å². The molecule has 3 rings (SSSR count). The summed E-state index contributed by atoms with van der Waals surface area (Å²) in [6.07, 6.45) is 5.49. The first-order valence-electron chi connectivity index (χ1n) is 8.17. The van der Waals surface area contributed by atoms with Crippen LogP contribution < -0.4 is 10.2 Å². The van der Waals surface area contributed by atoms with Gasteiger partial charge in [0, 0.05) is 32.8 Å². The molecule has 1 aromatic rings. The first-order valence-corrected chi connectivity index (χ1v) is 8.17. The Kier molecular flexibility index (Phi) is 4.58. The van der Waals surface area contributed by atoms with E-state index in [-0.39, 0.29) is 0 Å². The maximum Gasteiger partial charge on any atom is 0.158 e. The first-order chi connectivity index (χ1) is 10.3. The van der Waals surface area contributed by atoms with E-state index in [2.05, 4.69) is 21.3 Å². The van der Waals surface area contributed by atoms with Gasteiger partial charge in [-0.25, -0.2) is 9.97 Å². The van der Waals surface area contributed by atoms with Gasteiger partial charge in [0.1, 0.15) is 18.2 Å². The number of hydrogen-bond donors (Lipinski definition) is 1. The topological polar surface area (TPSA) is 50.3 Å². The number of rotatable bonds is 9. The molecule has 0 amide bonds. The van der Waals surface area contributed by atoms with Crippen LogP contribution in [-0.4, -0.2) is 36.7 Å². The predicted octanol–water partition coefficient (Wildman–Crippen LogP) is 2.68. The molecular weight excluding hydrogens is 264 g/mol. The molecule has 0 radical (unpaired) electrons. The molecule has 0 spiro atoms. The highest BCUT2D eigenvalue weighted by atomic mass is 16.5. The van der Waals surface area contributed by atoms with E-state index in [1.807, 2.05) is 14.0 Å². The Morgan fingerprint density at radius 1 is 1.19 bits per heavy atom. The molecule has 2 fully saturated rings. The molecule has 2 saturated carbocycles. The van der Waals surface area contributed by atoms with Crippen molar-refractivity contribution < 1.29 is 4.74 Å². The van der Waals surface area contributed by atoms with E-state index >= 15 is 0 Å². The zero-order valence-electron chi connectivity index (χ0n) is 13.1. The third kappa shape index (κ3) is 4.30. The number of nitrogens with one attached hydrogen (secondary N) is 1. The Hall–Kier alpha value is -1.36. The molecule has 0 atom stereocenters.